The lowest BCUT2D eigenvalue weighted by atomic mass is 10.0. The number of benzene rings is 12. The second-order valence-electron chi connectivity index (χ2n) is 26.6. The molecule has 18 nitrogen and oxygen atoms in total. The molecule has 0 amide bonds. The van der Waals surface area contributed by atoms with Crippen LogP contribution in [0.2, 0.25) is 0 Å². The first kappa shape index (κ1) is 116. The summed E-state index contributed by atoms with van der Waals surface area (Å²) in [5.74, 6) is 0. The van der Waals surface area contributed by atoms with Gasteiger partial charge >= 0.3 is 50.0 Å². The number of hydrogen-bond donors (Lipinski definition) is 12. The van der Waals surface area contributed by atoms with Gasteiger partial charge in [-0.3, -0.25) is 0 Å². The van der Waals surface area contributed by atoms with Crippen molar-refractivity contribution in [1.29, 1.82) is 0 Å². The molecule has 0 aromatic heterocycles. The molecule has 0 saturated carbocycles. The Kier molecular flexibility index (Phi) is 63.5. The Morgan fingerprint density at radius 1 is 0.189 bits per heavy atom. The standard InChI is InChI=1S/6C17H17N.6FO2P/c6*1-14(16-12-5-6-13-17(16)18)8-7-11-15-9-3-2-4-10-15;6*1-4(2)3/h6*2-13H,18H2,1H3;;;;;;/p+6/b6*11-7+,14-8-;;;;;;. The minimum atomic E-state index is -3.37. The normalized spacial score (nSPS) is 11.8. The molecule has 12 aromatic rings. The van der Waals surface area contributed by atoms with Gasteiger partial charge in [0.15, 0.2) is 0 Å². The van der Waals surface area contributed by atoms with E-state index in [1.165, 1.54) is 66.8 Å². The van der Waals surface area contributed by atoms with E-state index in [0.717, 1.165) is 67.5 Å². The summed E-state index contributed by atoms with van der Waals surface area (Å²) in [6.45, 7) is 12.4. The summed E-state index contributed by atoms with van der Waals surface area (Å²) in [4.78, 5) is 41.4. The number of nitrogen functional groups attached to an aromatic ring is 6. The van der Waals surface area contributed by atoms with E-state index in [2.05, 4.69) is 224 Å². The van der Waals surface area contributed by atoms with Crippen molar-refractivity contribution in [3.05, 3.63) is 467 Å². The van der Waals surface area contributed by atoms with Gasteiger partial charge in [0.2, 0.25) is 0 Å². The second-order valence-corrected chi connectivity index (χ2v) is 29.3. The molecular formula is C102H108F6N6O12P6+6. The zero-order valence-corrected chi connectivity index (χ0v) is 78.5. The van der Waals surface area contributed by atoms with Crippen LogP contribution >= 0.6 is 50.0 Å². The predicted octanol–water partition coefficient (Wildman–Crippen LogP) is 29.9. The van der Waals surface area contributed by atoms with E-state index in [4.69, 9.17) is 91.2 Å². The van der Waals surface area contributed by atoms with E-state index in [1.54, 1.807) is 0 Å². The van der Waals surface area contributed by atoms with Crippen molar-refractivity contribution in [3.8, 4) is 0 Å². The lowest BCUT2D eigenvalue weighted by Crippen LogP contribution is -1.90. The maximum Gasteiger partial charge on any atom is 0.743 e. The van der Waals surface area contributed by atoms with Gasteiger partial charge in [-0.15, -0.1) is 29.4 Å². The van der Waals surface area contributed by atoms with Gasteiger partial charge < -0.3 is 34.4 Å². The van der Waals surface area contributed by atoms with Crippen LogP contribution in [0.15, 0.2) is 400 Å². The van der Waals surface area contributed by atoms with E-state index >= 15 is 0 Å². The van der Waals surface area contributed by atoms with Crippen molar-refractivity contribution >= 4 is 154 Å². The summed E-state index contributed by atoms with van der Waals surface area (Å²) < 4.78 is 111. The number of allylic oxidation sites excluding steroid dienone is 18. The van der Waals surface area contributed by atoms with Crippen LogP contribution in [0.25, 0.3) is 69.9 Å². The Labute approximate surface area is 774 Å². The van der Waals surface area contributed by atoms with Gasteiger partial charge in [-0.05, 0) is 145 Å². The Balaban J connectivity index is 0.000000753. The number of rotatable bonds is 18. The number of nitrogens with two attached hydrogens (primary N) is 6. The van der Waals surface area contributed by atoms with Crippen LogP contribution < -0.4 is 34.4 Å². The van der Waals surface area contributed by atoms with Gasteiger partial charge in [-0.25, -0.2) is 0 Å². The Hall–Kier alpha value is -13.7. The van der Waals surface area contributed by atoms with Crippen molar-refractivity contribution in [3.63, 3.8) is 0 Å². The highest BCUT2D eigenvalue weighted by Gasteiger charge is 2.07. The quantitative estimate of drug-likeness (QED) is 0.0164. The number of hydrogen-bond acceptors (Lipinski definition) is 12. The van der Waals surface area contributed by atoms with Gasteiger partial charge in [-0.2, -0.15) is 0 Å². The maximum atomic E-state index is 10.1. The highest BCUT2D eigenvalue weighted by molar-refractivity contribution is 7.32. The van der Waals surface area contributed by atoms with Crippen molar-refractivity contribution in [2.75, 3.05) is 34.4 Å². The minimum Gasteiger partial charge on any atom is -0.398 e. The number of halogens is 6. The van der Waals surface area contributed by atoms with Gasteiger partial charge in [0.25, 0.3) is 0 Å². The van der Waals surface area contributed by atoms with Crippen molar-refractivity contribution in [2.24, 2.45) is 0 Å². The first-order valence-electron chi connectivity index (χ1n) is 39.4. The zero-order valence-electron chi connectivity index (χ0n) is 73.1. The van der Waals surface area contributed by atoms with E-state index in [-0.39, 0.29) is 0 Å². The number of anilines is 6. The molecule has 132 heavy (non-hydrogen) atoms. The molecule has 12 rings (SSSR count). The van der Waals surface area contributed by atoms with Gasteiger partial charge in [0, 0.05) is 94.9 Å². The molecule has 6 unspecified atom stereocenters. The Morgan fingerprint density at radius 3 is 0.379 bits per heavy atom. The van der Waals surface area contributed by atoms with Crippen LogP contribution in [0.4, 0.5) is 59.3 Å². The molecule has 0 aliphatic heterocycles. The maximum absolute atomic E-state index is 10.1. The van der Waals surface area contributed by atoms with Crippen LogP contribution in [0.5, 0.6) is 0 Å². The highest BCUT2D eigenvalue weighted by atomic mass is 31.2. The third-order valence-electron chi connectivity index (χ3n) is 16.9. The molecule has 684 valence electrons. The van der Waals surface area contributed by atoms with Crippen molar-refractivity contribution in [2.45, 2.75) is 41.5 Å². The summed E-state index contributed by atoms with van der Waals surface area (Å²) in [5.41, 5.74) is 61.3. The molecule has 0 spiro atoms. The van der Waals surface area contributed by atoms with Crippen molar-refractivity contribution < 1.29 is 81.9 Å². The Morgan fingerprint density at radius 2 is 0.280 bits per heavy atom. The topological polar surface area (TPSA) is 380 Å². The van der Waals surface area contributed by atoms with Gasteiger partial charge in [0.1, 0.15) is 0 Å². The highest BCUT2D eigenvalue weighted by Crippen LogP contribution is 2.27. The zero-order chi connectivity index (χ0) is 98.2. The smallest absolute Gasteiger partial charge is 0.398 e. The second kappa shape index (κ2) is 72.1. The van der Waals surface area contributed by atoms with E-state index in [1.807, 2.05) is 255 Å². The summed E-state index contributed by atoms with van der Waals surface area (Å²) in [6.07, 6.45) is 37.3. The third-order valence-corrected chi connectivity index (χ3v) is 16.9. The average molecular weight is 1910 g/mol. The molecule has 6 atom stereocenters. The molecule has 0 fully saturated rings. The van der Waals surface area contributed by atoms with Crippen LogP contribution in [0.3, 0.4) is 0 Å². The van der Waals surface area contributed by atoms with E-state index in [9.17, 15) is 25.2 Å². The monoisotopic (exact) mass is 1910 g/mol. The average Bonchev–Trinajstić information content (AvgIpc) is 0.898. The van der Waals surface area contributed by atoms with Crippen LogP contribution in [0.1, 0.15) is 108 Å². The molecule has 0 saturated heterocycles. The van der Waals surface area contributed by atoms with E-state index < -0.39 is 50.0 Å². The lowest BCUT2D eigenvalue weighted by molar-refractivity contribution is 0.458. The van der Waals surface area contributed by atoms with Gasteiger partial charge in [0.05, 0.1) is 25.2 Å². The fourth-order valence-corrected chi connectivity index (χ4v) is 10.9. The number of para-hydroxylation sites is 6. The third kappa shape index (κ3) is 60.1. The molecular weight excluding hydrogens is 1800 g/mol. The molecule has 30 heteroatoms. The SMILES string of the molecule is C/C(=C/C=C/c1ccccc1)c1ccccc1N.C/C(=C/C=C/c1ccccc1)c1ccccc1N.C/C(=C/C=C/c1ccccc1)c1ccccc1N.C/C(=C/C=C/c1ccccc1)c1ccccc1N.C/C(=C/C=C/c1ccccc1)c1ccccc1N.C/C(=C/C=C/c1ccccc1)c1ccccc1N.O=[P+](O)F.O=[P+](O)F.O=[P+](O)F.O=[P+](O)F.O=[P+](O)F.O=[P+](O)F. The molecule has 0 radical (unpaired) electrons. The molecule has 0 aliphatic rings. The predicted molar refractivity (Wildman–Crippen MR) is 545 cm³/mol. The summed E-state index contributed by atoms with van der Waals surface area (Å²) >= 11 is 0. The molecule has 12 aromatic carbocycles. The first-order chi connectivity index (χ1) is 63.0. The molecule has 0 aliphatic carbocycles. The molecule has 0 heterocycles. The summed E-state index contributed by atoms with van der Waals surface area (Å²) in [7, 11) is -20.2. The summed E-state index contributed by atoms with van der Waals surface area (Å²) in [5, 5.41) is 0. The summed E-state index contributed by atoms with van der Waals surface area (Å²) in [6, 6.07) is 109. The van der Waals surface area contributed by atoms with Crippen LogP contribution in [-0.4, -0.2) is 29.4 Å². The minimum absolute atomic E-state index is 0.819. The largest absolute Gasteiger partial charge is 0.743 e. The molecule has 18 N–H and O–H groups in total. The fraction of sp³-hybridized carbons (Fsp3) is 0.0588. The van der Waals surface area contributed by atoms with Crippen molar-refractivity contribution in [1.82, 2.24) is 0 Å². The lowest BCUT2D eigenvalue weighted by Gasteiger charge is -2.04. The van der Waals surface area contributed by atoms with Gasteiger partial charge in [-0.1, -0.05) is 401 Å². The van der Waals surface area contributed by atoms with Crippen LogP contribution in [-0.2, 0) is 27.4 Å². The fourth-order valence-electron chi connectivity index (χ4n) is 10.9. The van der Waals surface area contributed by atoms with Crippen LogP contribution in [0, 0.1) is 0 Å². The van der Waals surface area contributed by atoms with E-state index in [0.29, 0.717) is 0 Å². The first-order valence-corrected chi connectivity index (χ1v) is 46.1. The molecule has 0 bridgehead atoms. The Bertz CT molecular complexity index is 4920.